The van der Waals surface area contributed by atoms with Crippen molar-refractivity contribution >= 4 is 5.69 Å². The molecule has 2 aliphatic rings. The lowest BCUT2D eigenvalue weighted by atomic mass is 9.97. The molecule has 0 bridgehead atoms. The molecule has 0 aliphatic carbocycles. The summed E-state index contributed by atoms with van der Waals surface area (Å²) in [6.07, 6.45) is 6.40. The Bertz CT molecular complexity index is 418. The summed E-state index contributed by atoms with van der Waals surface area (Å²) >= 11 is 0. The van der Waals surface area contributed by atoms with Crippen LogP contribution in [0.2, 0.25) is 0 Å². The molecule has 1 N–H and O–H groups in total. The Morgan fingerprint density at radius 3 is 2.85 bits per heavy atom. The van der Waals surface area contributed by atoms with Crippen molar-refractivity contribution in [2.75, 3.05) is 25.0 Å². The van der Waals surface area contributed by atoms with E-state index in [0.29, 0.717) is 6.04 Å². The van der Waals surface area contributed by atoms with Crippen LogP contribution in [0.3, 0.4) is 0 Å². The van der Waals surface area contributed by atoms with Crippen LogP contribution in [-0.2, 0) is 0 Å². The van der Waals surface area contributed by atoms with Gasteiger partial charge in [0.05, 0.1) is 6.61 Å². The summed E-state index contributed by atoms with van der Waals surface area (Å²) in [6, 6.07) is 9.90. The van der Waals surface area contributed by atoms with Gasteiger partial charge in [-0.1, -0.05) is 6.92 Å². The highest BCUT2D eigenvalue weighted by atomic mass is 16.5. The van der Waals surface area contributed by atoms with E-state index in [1.54, 1.807) is 0 Å². The summed E-state index contributed by atoms with van der Waals surface area (Å²) in [5.74, 6) is 0.975. The first-order valence-electron chi connectivity index (χ1n) is 8.08. The van der Waals surface area contributed by atoms with Gasteiger partial charge in [0, 0.05) is 24.3 Å². The molecule has 3 rings (SSSR count). The van der Waals surface area contributed by atoms with Gasteiger partial charge in [0.15, 0.2) is 0 Å². The molecular formula is C17H26N2O. The lowest BCUT2D eigenvalue weighted by Crippen LogP contribution is -2.42. The van der Waals surface area contributed by atoms with Crippen LogP contribution >= 0.6 is 0 Å². The highest BCUT2D eigenvalue weighted by Crippen LogP contribution is 2.28. The van der Waals surface area contributed by atoms with Gasteiger partial charge in [-0.2, -0.15) is 0 Å². The third-order valence-electron chi connectivity index (χ3n) is 4.52. The first-order valence-corrected chi connectivity index (χ1v) is 8.08. The normalized spacial score (nSPS) is 26.2. The summed E-state index contributed by atoms with van der Waals surface area (Å²) < 4.78 is 5.62. The molecule has 2 atom stereocenters. The van der Waals surface area contributed by atoms with Gasteiger partial charge in [0.25, 0.3) is 0 Å². The molecule has 2 fully saturated rings. The van der Waals surface area contributed by atoms with E-state index in [4.69, 9.17) is 4.74 Å². The third-order valence-corrected chi connectivity index (χ3v) is 4.52. The average Bonchev–Trinajstić information content (AvgIpc) is 2.94. The summed E-state index contributed by atoms with van der Waals surface area (Å²) in [5.41, 5.74) is 1.23. The van der Waals surface area contributed by atoms with Gasteiger partial charge in [-0.25, -0.2) is 0 Å². The van der Waals surface area contributed by atoms with Gasteiger partial charge in [0.2, 0.25) is 0 Å². The van der Waals surface area contributed by atoms with E-state index in [0.717, 1.165) is 24.8 Å². The van der Waals surface area contributed by atoms with E-state index in [9.17, 15) is 0 Å². The molecule has 0 saturated carbocycles. The molecule has 2 heterocycles. The minimum absolute atomic E-state index is 0.636. The molecule has 1 aromatic carbocycles. The second kappa shape index (κ2) is 6.49. The largest absolute Gasteiger partial charge is 0.494 e. The average molecular weight is 274 g/mol. The van der Waals surface area contributed by atoms with Gasteiger partial charge in [-0.05, 0) is 62.9 Å². The maximum Gasteiger partial charge on any atom is 0.119 e. The number of anilines is 1. The molecule has 0 radical (unpaired) electrons. The Labute approximate surface area is 122 Å². The van der Waals surface area contributed by atoms with Crippen molar-refractivity contribution < 1.29 is 4.74 Å². The summed E-state index contributed by atoms with van der Waals surface area (Å²) in [5, 5.41) is 3.69. The van der Waals surface area contributed by atoms with Crippen LogP contribution in [0, 0.1) is 0 Å². The molecular weight excluding hydrogens is 248 g/mol. The smallest absolute Gasteiger partial charge is 0.119 e. The van der Waals surface area contributed by atoms with Gasteiger partial charge in [-0.15, -0.1) is 0 Å². The van der Waals surface area contributed by atoms with E-state index < -0.39 is 0 Å². The number of fused-ring (bicyclic) bond motifs is 1. The van der Waals surface area contributed by atoms with E-state index in [1.165, 1.54) is 44.5 Å². The van der Waals surface area contributed by atoms with Crippen LogP contribution < -0.4 is 10.1 Å². The molecule has 0 spiro atoms. The number of hydrogen-bond donors (Lipinski definition) is 1. The maximum atomic E-state index is 5.62. The molecule has 1 aromatic rings. The maximum absolute atomic E-state index is 5.62. The number of piperidine rings is 1. The Hall–Kier alpha value is -1.22. The van der Waals surface area contributed by atoms with Gasteiger partial charge < -0.3 is 15.0 Å². The zero-order valence-electron chi connectivity index (χ0n) is 12.5. The minimum atomic E-state index is 0.636. The van der Waals surface area contributed by atoms with Gasteiger partial charge >= 0.3 is 0 Å². The fraction of sp³-hybridized carbons (Fsp3) is 0.647. The zero-order valence-corrected chi connectivity index (χ0v) is 12.5. The van der Waals surface area contributed by atoms with Crippen molar-refractivity contribution in [3.8, 4) is 5.75 Å². The Morgan fingerprint density at radius 1 is 1.20 bits per heavy atom. The van der Waals surface area contributed by atoms with E-state index in [2.05, 4.69) is 41.4 Å². The number of benzene rings is 1. The minimum Gasteiger partial charge on any atom is -0.494 e. The SMILES string of the molecule is CCCOc1ccc(NC2CCN3CCCC3C2)cc1. The number of hydrogen-bond acceptors (Lipinski definition) is 3. The first kappa shape index (κ1) is 13.7. The second-order valence-electron chi connectivity index (χ2n) is 6.07. The lowest BCUT2D eigenvalue weighted by molar-refractivity contribution is 0.188. The number of nitrogens with zero attached hydrogens (tertiary/aromatic N) is 1. The number of rotatable bonds is 5. The highest BCUT2D eigenvalue weighted by Gasteiger charge is 2.31. The molecule has 0 amide bonds. The van der Waals surface area contributed by atoms with Crippen LogP contribution in [0.25, 0.3) is 0 Å². The van der Waals surface area contributed by atoms with E-state index in [-0.39, 0.29) is 0 Å². The van der Waals surface area contributed by atoms with Crippen molar-refractivity contribution in [1.82, 2.24) is 4.90 Å². The molecule has 110 valence electrons. The van der Waals surface area contributed by atoms with Crippen molar-refractivity contribution in [3.05, 3.63) is 24.3 Å². The van der Waals surface area contributed by atoms with Crippen molar-refractivity contribution in [2.45, 2.75) is 51.1 Å². The quantitative estimate of drug-likeness (QED) is 0.889. The fourth-order valence-corrected chi connectivity index (χ4v) is 3.46. The van der Waals surface area contributed by atoms with Gasteiger partial charge in [-0.3, -0.25) is 0 Å². The van der Waals surface area contributed by atoms with Crippen LogP contribution in [0.4, 0.5) is 5.69 Å². The van der Waals surface area contributed by atoms with Crippen molar-refractivity contribution in [3.63, 3.8) is 0 Å². The van der Waals surface area contributed by atoms with E-state index >= 15 is 0 Å². The second-order valence-corrected chi connectivity index (χ2v) is 6.07. The molecule has 3 nitrogen and oxygen atoms in total. The van der Waals surface area contributed by atoms with Gasteiger partial charge in [0.1, 0.15) is 5.75 Å². The molecule has 2 unspecified atom stereocenters. The highest BCUT2D eigenvalue weighted by molar-refractivity contribution is 5.47. The molecule has 20 heavy (non-hydrogen) atoms. The fourth-order valence-electron chi connectivity index (χ4n) is 3.46. The molecule has 0 aromatic heterocycles. The van der Waals surface area contributed by atoms with Crippen LogP contribution in [-0.4, -0.2) is 36.7 Å². The van der Waals surface area contributed by atoms with Crippen molar-refractivity contribution in [2.24, 2.45) is 0 Å². The standard InChI is InChI=1S/C17H26N2O/c1-2-12-20-17-7-5-14(6-8-17)18-15-9-11-19-10-3-4-16(19)13-15/h5-8,15-16,18H,2-4,9-13H2,1H3. The Balaban J connectivity index is 1.52. The van der Waals surface area contributed by atoms with Crippen LogP contribution in [0.5, 0.6) is 5.75 Å². The van der Waals surface area contributed by atoms with Crippen LogP contribution in [0.1, 0.15) is 39.0 Å². The zero-order chi connectivity index (χ0) is 13.8. The number of ether oxygens (including phenoxy) is 1. The summed E-state index contributed by atoms with van der Waals surface area (Å²) in [4.78, 5) is 2.67. The summed E-state index contributed by atoms with van der Waals surface area (Å²) in [7, 11) is 0. The van der Waals surface area contributed by atoms with Crippen LogP contribution in [0.15, 0.2) is 24.3 Å². The third kappa shape index (κ3) is 3.26. The van der Waals surface area contributed by atoms with Crippen molar-refractivity contribution in [1.29, 1.82) is 0 Å². The topological polar surface area (TPSA) is 24.5 Å². The van der Waals surface area contributed by atoms with E-state index in [1.807, 2.05) is 0 Å². The Morgan fingerprint density at radius 2 is 2.05 bits per heavy atom. The predicted octanol–water partition coefficient (Wildman–Crippen LogP) is 3.51. The predicted molar refractivity (Wildman–Crippen MR) is 83.5 cm³/mol. The number of nitrogens with one attached hydrogen (secondary N) is 1. The molecule has 3 heteroatoms. The summed E-state index contributed by atoms with van der Waals surface area (Å²) in [6.45, 7) is 5.51. The first-order chi connectivity index (χ1) is 9.85. The lowest BCUT2D eigenvalue weighted by Gasteiger charge is -2.35. The molecule has 2 saturated heterocycles. The Kier molecular flexibility index (Phi) is 4.46. The molecule has 2 aliphatic heterocycles. The monoisotopic (exact) mass is 274 g/mol.